The number of hydrogen-bond acceptors (Lipinski definition) is 5. The fraction of sp³-hybridized carbons (Fsp3) is 0.318. The number of hydrogen-bond donors (Lipinski definition) is 3. The highest BCUT2D eigenvalue weighted by atomic mass is 19.1. The van der Waals surface area contributed by atoms with E-state index in [9.17, 15) is 14.3 Å². The minimum Gasteiger partial charge on any atom is -0.508 e. The highest BCUT2D eigenvalue weighted by molar-refractivity contribution is 6.08. The zero-order chi connectivity index (χ0) is 20.8. The van der Waals surface area contributed by atoms with E-state index in [0.717, 1.165) is 43.3 Å². The van der Waals surface area contributed by atoms with Gasteiger partial charge in [-0.2, -0.15) is 5.10 Å². The highest BCUT2D eigenvalue weighted by Crippen LogP contribution is 2.32. The van der Waals surface area contributed by atoms with Crippen molar-refractivity contribution in [3.8, 4) is 17.0 Å². The first kappa shape index (κ1) is 18.7. The number of rotatable bonds is 2. The van der Waals surface area contributed by atoms with Gasteiger partial charge in [0, 0.05) is 42.2 Å². The molecule has 1 aliphatic carbocycles. The van der Waals surface area contributed by atoms with Gasteiger partial charge in [0.05, 0.1) is 16.6 Å². The molecule has 1 fully saturated rings. The first-order valence-corrected chi connectivity index (χ1v) is 10.1. The Labute approximate surface area is 172 Å². The smallest absolute Gasteiger partial charge is 0.258 e. The fourth-order valence-electron chi connectivity index (χ4n) is 4.40. The number of piperazine rings is 1. The molecule has 1 aliphatic heterocycles. The van der Waals surface area contributed by atoms with Gasteiger partial charge in [0.1, 0.15) is 11.6 Å². The van der Waals surface area contributed by atoms with Crippen LogP contribution in [-0.4, -0.2) is 50.2 Å². The van der Waals surface area contributed by atoms with E-state index >= 15 is 0 Å². The van der Waals surface area contributed by atoms with Gasteiger partial charge in [-0.1, -0.05) is 6.08 Å². The van der Waals surface area contributed by atoms with Crippen molar-refractivity contribution in [2.24, 2.45) is 0 Å². The van der Waals surface area contributed by atoms with Gasteiger partial charge in [0.15, 0.2) is 5.65 Å². The van der Waals surface area contributed by atoms with E-state index in [-0.39, 0.29) is 23.3 Å². The summed E-state index contributed by atoms with van der Waals surface area (Å²) in [5.41, 5.74) is 3.08. The largest absolute Gasteiger partial charge is 0.508 e. The monoisotopic (exact) mass is 407 g/mol. The van der Waals surface area contributed by atoms with Crippen LogP contribution < -0.4 is 5.32 Å². The molecule has 2 aliphatic rings. The number of fused-ring (bicyclic) bond motifs is 2. The lowest BCUT2D eigenvalue weighted by atomic mass is 9.95. The molecule has 0 unspecified atom stereocenters. The number of phenolic OH excluding ortho intramolecular Hbond substituents is 1. The van der Waals surface area contributed by atoms with E-state index in [4.69, 9.17) is 0 Å². The molecule has 5 rings (SSSR count). The summed E-state index contributed by atoms with van der Waals surface area (Å²) in [7, 11) is 0. The average molecular weight is 407 g/mol. The predicted molar refractivity (Wildman–Crippen MR) is 110 cm³/mol. The second-order valence-electron chi connectivity index (χ2n) is 7.79. The minimum atomic E-state index is -0.607. The number of aromatic amines is 1. The van der Waals surface area contributed by atoms with Crippen LogP contribution in [0.4, 0.5) is 4.39 Å². The van der Waals surface area contributed by atoms with Crippen LogP contribution >= 0.6 is 0 Å². The number of halogens is 1. The number of H-pyrrole nitrogens is 1. The van der Waals surface area contributed by atoms with Gasteiger partial charge in [-0.15, -0.1) is 0 Å². The maximum atomic E-state index is 14.5. The molecule has 1 atom stereocenters. The Morgan fingerprint density at radius 2 is 2.20 bits per heavy atom. The number of nitrogens with one attached hydrogen (secondary N) is 2. The summed E-state index contributed by atoms with van der Waals surface area (Å²) in [5, 5.41) is 20.8. The average Bonchev–Trinajstić information content (AvgIpc) is 3.13. The summed E-state index contributed by atoms with van der Waals surface area (Å²) < 4.78 is 14.5. The summed E-state index contributed by atoms with van der Waals surface area (Å²) in [5.74, 6) is -0.906. The Bertz CT molecular complexity index is 1190. The van der Waals surface area contributed by atoms with Gasteiger partial charge in [-0.3, -0.25) is 9.89 Å². The number of phenols is 1. The van der Waals surface area contributed by atoms with Crippen molar-refractivity contribution in [3.05, 3.63) is 53.1 Å². The first-order chi connectivity index (χ1) is 14.5. The van der Waals surface area contributed by atoms with Crippen molar-refractivity contribution in [1.29, 1.82) is 0 Å². The lowest BCUT2D eigenvalue weighted by molar-refractivity contribution is 0.0768. The third-order valence-corrected chi connectivity index (χ3v) is 5.85. The molecule has 1 aromatic carbocycles. The zero-order valence-electron chi connectivity index (χ0n) is 16.6. The van der Waals surface area contributed by atoms with Crippen LogP contribution in [0.5, 0.6) is 5.75 Å². The third kappa shape index (κ3) is 3.04. The van der Waals surface area contributed by atoms with Crippen LogP contribution in [0.1, 0.15) is 35.3 Å². The molecule has 1 amide bonds. The molecular formula is C22H22FN5O2. The Hall–Kier alpha value is -3.26. The molecule has 7 nitrogen and oxygen atoms in total. The number of nitrogens with zero attached hydrogens (tertiary/aromatic N) is 3. The van der Waals surface area contributed by atoms with E-state index in [1.807, 2.05) is 11.8 Å². The van der Waals surface area contributed by atoms with Gasteiger partial charge in [0.25, 0.3) is 5.91 Å². The molecule has 1 saturated heterocycles. The number of carbonyl (C=O) groups is 1. The van der Waals surface area contributed by atoms with E-state index < -0.39 is 5.82 Å². The molecule has 2 aromatic heterocycles. The Morgan fingerprint density at radius 3 is 3.03 bits per heavy atom. The third-order valence-electron chi connectivity index (χ3n) is 5.85. The molecule has 0 radical (unpaired) electrons. The maximum Gasteiger partial charge on any atom is 0.258 e. The number of aryl methyl sites for hydroxylation is 1. The number of allylic oxidation sites excluding steroid dienone is 1. The van der Waals surface area contributed by atoms with Crippen molar-refractivity contribution in [1.82, 2.24) is 25.4 Å². The second kappa shape index (κ2) is 7.21. The van der Waals surface area contributed by atoms with Crippen molar-refractivity contribution in [3.63, 3.8) is 0 Å². The van der Waals surface area contributed by atoms with E-state index in [1.165, 1.54) is 12.1 Å². The predicted octanol–water partition coefficient (Wildman–Crippen LogP) is 3.26. The minimum absolute atomic E-state index is 0.132. The standard InChI is InChI=1S/C22H22FN5O2/c1-12-20-15(22(30)28-9-8-24-17-4-2-3-5-19(17)28)11-18(25-21(20)27-26-12)14-7-6-13(29)10-16(14)23/h5-7,10-11,17,24,29H,2-4,8-9H2,1H3,(H,25,26,27)/t17-/m0/s1. The van der Waals surface area contributed by atoms with Crippen LogP contribution in [0, 0.1) is 12.7 Å². The Morgan fingerprint density at radius 1 is 1.33 bits per heavy atom. The van der Waals surface area contributed by atoms with Crippen LogP contribution in [0.3, 0.4) is 0 Å². The van der Waals surface area contributed by atoms with Gasteiger partial charge >= 0.3 is 0 Å². The number of aromatic nitrogens is 3. The topological polar surface area (TPSA) is 94.1 Å². The van der Waals surface area contributed by atoms with Crippen LogP contribution in [-0.2, 0) is 0 Å². The van der Waals surface area contributed by atoms with Crippen LogP contribution in [0.25, 0.3) is 22.3 Å². The molecule has 154 valence electrons. The zero-order valence-corrected chi connectivity index (χ0v) is 16.6. The fourth-order valence-corrected chi connectivity index (χ4v) is 4.40. The van der Waals surface area contributed by atoms with Gasteiger partial charge in [-0.25, -0.2) is 9.37 Å². The normalized spacial score (nSPS) is 18.9. The number of amides is 1. The van der Waals surface area contributed by atoms with Crippen molar-refractivity contribution >= 4 is 16.9 Å². The summed E-state index contributed by atoms with van der Waals surface area (Å²) in [4.78, 5) is 20.0. The van der Waals surface area contributed by atoms with E-state index in [2.05, 4.69) is 26.6 Å². The highest BCUT2D eigenvalue weighted by Gasteiger charge is 2.32. The lowest BCUT2D eigenvalue weighted by Crippen LogP contribution is -2.51. The van der Waals surface area contributed by atoms with Crippen molar-refractivity contribution < 1.29 is 14.3 Å². The first-order valence-electron chi connectivity index (χ1n) is 10.1. The summed E-state index contributed by atoms with van der Waals surface area (Å²) in [6.07, 6.45) is 5.21. The molecule has 30 heavy (non-hydrogen) atoms. The molecule has 0 spiro atoms. The Balaban J connectivity index is 1.65. The number of benzene rings is 1. The molecule has 3 aromatic rings. The molecule has 8 heteroatoms. The molecule has 3 N–H and O–H groups in total. The quantitative estimate of drug-likeness (QED) is 0.606. The number of carbonyl (C=O) groups excluding carboxylic acids is 1. The molecule has 0 saturated carbocycles. The summed E-state index contributed by atoms with van der Waals surface area (Å²) in [6, 6.07) is 5.70. The van der Waals surface area contributed by atoms with E-state index in [0.29, 0.717) is 28.8 Å². The van der Waals surface area contributed by atoms with Crippen molar-refractivity contribution in [2.45, 2.75) is 32.2 Å². The maximum absolute atomic E-state index is 14.5. The SMILES string of the molecule is Cc1[nH]nc2nc(-c3ccc(O)cc3F)cc(C(=O)N3CCN[C@H]4CCCC=C43)c12. The molecule has 0 bridgehead atoms. The van der Waals surface area contributed by atoms with Gasteiger partial charge in [-0.05, 0) is 44.4 Å². The Kier molecular flexibility index (Phi) is 4.51. The molecular weight excluding hydrogens is 385 g/mol. The second-order valence-corrected chi connectivity index (χ2v) is 7.79. The number of aromatic hydroxyl groups is 1. The van der Waals surface area contributed by atoms with E-state index in [1.54, 1.807) is 6.07 Å². The lowest BCUT2D eigenvalue weighted by Gasteiger charge is -2.38. The van der Waals surface area contributed by atoms with Gasteiger partial charge < -0.3 is 15.3 Å². The molecule has 3 heterocycles. The summed E-state index contributed by atoms with van der Waals surface area (Å²) >= 11 is 0. The van der Waals surface area contributed by atoms with Gasteiger partial charge in [0.2, 0.25) is 0 Å². The number of pyridine rings is 1. The van der Waals surface area contributed by atoms with Crippen LogP contribution in [0.2, 0.25) is 0 Å². The van der Waals surface area contributed by atoms with Crippen molar-refractivity contribution in [2.75, 3.05) is 13.1 Å². The van der Waals surface area contributed by atoms with Crippen LogP contribution in [0.15, 0.2) is 36.0 Å². The summed E-state index contributed by atoms with van der Waals surface area (Å²) in [6.45, 7) is 3.14.